The molecule has 4 heteroatoms. The van der Waals surface area contributed by atoms with Gasteiger partial charge in [0.25, 0.3) is 0 Å². The fourth-order valence-electron chi connectivity index (χ4n) is 2.66. The maximum Gasteiger partial charge on any atom is 0.223 e. The first-order valence-corrected chi connectivity index (χ1v) is 8.42. The van der Waals surface area contributed by atoms with Gasteiger partial charge in [-0.05, 0) is 50.2 Å². The van der Waals surface area contributed by atoms with Crippen LogP contribution >= 0.6 is 11.8 Å². The second kappa shape index (κ2) is 8.81. The van der Waals surface area contributed by atoms with Crippen molar-refractivity contribution in [3.05, 3.63) is 0 Å². The third-order valence-corrected chi connectivity index (χ3v) is 4.77. The van der Waals surface area contributed by atoms with Crippen molar-refractivity contribution in [2.45, 2.75) is 52.0 Å². The zero-order chi connectivity index (χ0) is 13.4. The zero-order valence-electron chi connectivity index (χ0n) is 11.8. The summed E-state index contributed by atoms with van der Waals surface area (Å²) in [5.41, 5.74) is 5.78. The molecule has 1 amide bonds. The van der Waals surface area contributed by atoms with Crippen molar-refractivity contribution in [1.82, 2.24) is 5.32 Å². The third-order valence-electron chi connectivity index (χ3n) is 3.84. The summed E-state index contributed by atoms with van der Waals surface area (Å²) in [6, 6.07) is 0.289. The average Bonchev–Trinajstić information content (AvgIpc) is 2.39. The molecule has 0 aromatic carbocycles. The molecule has 1 saturated carbocycles. The van der Waals surface area contributed by atoms with E-state index in [0.717, 1.165) is 30.8 Å². The van der Waals surface area contributed by atoms with Crippen LogP contribution in [0.3, 0.4) is 0 Å². The van der Waals surface area contributed by atoms with Gasteiger partial charge in [0, 0.05) is 12.0 Å². The Hall–Kier alpha value is -0.220. The topological polar surface area (TPSA) is 55.1 Å². The summed E-state index contributed by atoms with van der Waals surface area (Å²) in [6.45, 7) is 4.92. The van der Waals surface area contributed by atoms with Crippen molar-refractivity contribution in [1.29, 1.82) is 0 Å². The minimum absolute atomic E-state index is 0.157. The molecule has 0 aromatic heterocycles. The maximum atomic E-state index is 12.2. The first-order valence-electron chi connectivity index (χ1n) is 7.27. The number of hydrogen-bond donors (Lipinski definition) is 2. The molecule has 3 N–H and O–H groups in total. The molecule has 18 heavy (non-hydrogen) atoms. The predicted octanol–water partition coefficient (Wildman–Crippen LogP) is 2.40. The molecule has 3 unspecified atom stereocenters. The number of carbonyl (C=O) groups excluding carboxylic acids is 1. The Morgan fingerprint density at radius 1 is 1.44 bits per heavy atom. The molecule has 3 atom stereocenters. The summed E-state index contributed by atoms with van der Waals surface area (Å²) in [7, 11) is 0. The van der Waals surface area contributed by atoms with Gasteiger partial charge < -0.3 is 11.1 Å². The first kappa shape index (κ1) is 15.8. The fraction of sp³-hybridized carbons (Fsp3) is 0.929. The molecule has 1 aliphatic carbocycles. The molecule has 1 rings (SSSR count). The largest absolute Gasteiger partial charge is 0.353 e. The molecule has 3 nitrogen and oxygen atoms in total. The first-order chi connectivity index (χ1) is 8.69. The van der Waals surface area contributed by atoms with E-state index in [-0.39, 0.29) is 17.9 Å². The van der Waals surface area contributed by atoms with Crippen LogP contribution in [0.2, 0.25) is 0 Å². The predicted molar refractivity (Wildman–Crippen MR) is 79.7 cm³/mol. The minimum Gasteiger partial charge on any atom is -0.353 e. The van der Waals surface area contributed by atoms with Gasteiger partial charge in [-0.15, -0.1) is 0 Å². The molecular formula is C14H28N2OS. The number of rotatable bonds is 7. The molecule has 106 valence electrons. The minimum atomic E-state index is 0.157. The van der Waals surface area contributed by atoms with Gasteiger partial charge in [0.15, 0.2) is 0 Å². The van der Waals surface area contributed by atoms with E-state index >= 15 is 0 Å². The second-order valence-electron chi connectivity index (χ2n) is 5.28. The number of nitrogens with two attached hydrogens (primary N) is 1. The van der Waals surface area contributed by atoms with Crippen LogP contribution in [-0.2, 0) is 4.79 Å². The standard InChI is InChI=1S/C14H28N2OS/c1-3-18-9-8-11(2)16-14(17)13-7-5-4-6-12(13)10-15/h11-13H,3-10,15H2,1-2H3,(H,16,17). The molecule has 0 saturated heterocycles. The molecule has 0 aromatic rings. The van der Waals surface area contributed by atoms with Crippen LogP contribution in [-0.4, -0.2) is 30.0 Å². The van der Waals surface area contributed by atoms with Gasteiger partial charge in [-0.25, -0.2) is 0 Å². The molecule has 0 bridgehead atoms. The highest BCUT2D eigenvalue weighted by Gasteiger charge is 2.30. The van der Waals surface area contributed by atoms with Gasteiger partial charge in [-0.1, -0.05) is 19.8 Å². The van der Waals surface area contributed by atoms with Crippen LogP contribution in [0, 0.1) is 11.8 Å². The van der Waals surface area contributed by atoms with Crippen molar-refractivity contribution in [2.24, 2.45) is 17.6 Å². The molecule has 1 fully saturated rings. The highest BCUT2D eigenvalue weighted by Crippen LogP contribution is 2.29. The van der Waals surface area contributed by atoms with Gasteiger partial charge in [-0.3, -0.25) is 4.79 Å². The molecule has 0 radical (unpaired) electrons. The maximum absolute atomic E-state index is 12.2. The lowest BCUT2D eigenvalue weighted by atomic mass is 9.78. The monoisotopic (exact) mass is 272 g/mol. The van der Waals surface area contributed by atoms with Crippen LogP contribution in [0.4, 0.5) is 0 Å². The smallest absolute Gasteiger partial charge is 0.223 e. The van der Waals surface area contributed by atoms with Crippen LogP contribution in [0.25, 0.3) is 0 Å². The third kappa shape index (κ3) is 5.19. The molecule has 0 aliphatic heterocycles. The fourth-order valence-corrected chi connectivity index (χ4v) is 3.47. The highest BCUT2D eigenvalue weighted by atomic mass is 32.2. The Morgan fingerprint density at radius 3 is 2.83 bits per heavy atom. The summed E-state index contributed by atoms with van der Waals surface area (Å²) >= 11 is 1.93. The van der Waals surface area contributed by atoms with E-state index < -0.39 is 0 Å². The van der Waals surface area contributed by atoms with E-state index in [2.05, 4.69) is 19.2 Å². The quantitative estimate of drug-likeness (QED) is 0.700. The van der Waals surface area contributed by atoms with Gasteiger partial charge >= 0.3 is 0 Å². The number of hydrogen-bond acceptors (Lipinski definition) is 3. The van der Waals surface area contributed by atoms with Crippen molar-refractivity contribution >= 4 is 17.7 Å². The second-order valence-corrected chi connectivity index (χ2v) is 6.68. The van der Waals surface area contributed by atoms with Crippen LogP contribution in [0.5, 0.6) is 0 Å². The van der Waals surface area contributed by atoms with Gasteiger partial charge in [-0.2, -0.15) is 11.8 Å². The van der Waals surface area contributed by atoms with Crippen LogP contribution in [0.15, 0.2) is 0 Å². The van der Waals surface area contributed by atoms with Crippen molar-refractivity contribution in [2.75, 3.05) is 18.1 Å². The molecule has 0 heterocycles. The highest BCUT2D eigenvalue weighted by molar-refractivity contribution is 7.99. The summed E-state index contributed by atoms with van der Waals surface area (Å²) in [5, 5.41) is 3.16. The average molecular weight is 272 g/mol. The number of carbonyl (C=O) groups is 1. The Labute approximate surface area is 116 Å². The SMILES string of the molecule is CCSCCC(C)NC(=O)C1CCCCC1CN. The van der Waals surface area contributed by atoms with Gasteiger partial charge in [0.05, 0.1) is 0 Å². The van der Waals surface area contributed by atoms with E-state index in [9.17, 15) is 4.79 Å². The normalized spacial score (nSPS) is 25.7. The summed E-state index contributed by atoms with van der Waals surface area (Å²) < 4.78 is 0. The Balaban J connectivity index is 2.33. The van der Waals surface area contributed by atoms with E-state index in [1.165, 1.54) is 12.8 Å². The van der Waals surface area contributed by atoms with E-state index in [1.807, 2.05) is 11.8 Å². The number of thioether (sulfide) groups is 1. The Kier molecular flexibility index (Phi) is 7.75. The van der Waals surface area contributed by atoms with E-state index in [1.54, 1.807) is 0 Å². The van der Waals surface area contributed by atoms with Gasteiger partial charge in [0.2, 0.25) is 5.91 Å². The van der Waals surface area contributed by atoms with Gasteiger partial charge in [0.1, 0.15) is 0 Å². The van der Waals surface area contributed by atoms with Crippen LogP contribution in [0.1, 0.15) is 46.0 Å². The Bertz CT molecular complexity index is 248. The summed E-state index contributed by atoms with van der Waals surface area (Å²) in [5.74, 6) is 3.07. The lowest BCUT2D eigenvalue weighted by Crippen LogP contribution is -2.43. The number of amides is 1. The zero-order valence-corrected chi connectivity index (χ0v) is 12.6. The lowest BCUT2D eigenvalue weighted by Gasteiger charge is -2.30. The van der Waals surface area contributed by atoms with Crippen molar-refractivity contribution in [3.8, 4) is 0 Å². The Morgan fingerprint density at radius 2 is 2.17 bits per heavy atom. The van der Waals surface area contributed by atoms with Crippen molar-refractivity contribution in [3.63, 3.8) is 0 Å². The summed E-state index contributed by atoms with van der Waals surface area (Å²) in [4.78, 5) is 12.2. The lowest BCUT2D eigenvalue weighted by molar-refractivity contribution is -0.128. The molecule has 1 aliphatic rings. The molecule has 0 spiro atoms. The van der Waals surface area contributed by atoms with E-state index in [0.29, 0.717) is 12.5 Å². The molecular weight excluding hydrogens is 244 g/mol. The summed E-state index contributed by atoms with van der Waals surface area (Å²) in [6.07, 6.45) is 5.60. The van der Waals surface area contributed by atoms with Crippen LogP contribution < -0.4 is 11.1 Å². The van der Waals surface area contributed by atoms with E-state index in [4.69, 9.17) is 5.73 Å². The number of nitrogens with one attached hydrogen (secondary N) is 1. The van der Waals surface area contributed by atoms with Crippen molar-refractivity contribution < 1.29 is 4.79 Å².